The fourth-order valence-corrected chi connectivity index (χ4v) is 13.8. The van der Waals surface area contributed by atoms with Crippen LogP contribution in [0, 0.1) is 11.8 Å². The molecule has 0 aromatic heterocycles. The summed E-state index contributed by atoms with van der Waals surface area (Å²) < 4.78 is 68.6. The normalized spacial score (nSPS) is 13.9. The van der Waals surface area contributed by atoms with Crippen LogP contribution >= 0.6 is 15.6 Å². The Kier molecular flexibility index (Phi) is 69.3. The van der Waals surface area contributed by atoms with Crippen molar-refractivity contribution >= 4 is 39.5 Å². The molecule has 0 aliphatic carbocycles. The second kappa shape index (κ2) is 70.7. The summed E-state index contributed by atoms with van der Waals surface area (Å²) in [4.78, 5) is 72.9. The third-order valence-corrected chi connectivity index (χ3v) is 20.4. The third kappa shape index (κ3) is 72.4. The van der Waals surface area contributed by atoms with Gasteiger partial charge in [-0.1, -0.05) is 363 Å². The van der Waals surface area contributed by atoms with Crippen molar-refractivity contribution in [2.75, 3.05) is 39.6 Å². The van der Waals surface area contributed by atoms with Crippen LogP contribution in [0.3, 0.4) is 0 Å². The molecule has 0 aliphatic heterocycles. The predicted molar refractivity (Wildman–Crippen MR) is 400 cm³/mol. The van der Waals surface area contributed by atoms with E-state index in [0.717, 1.165) is 102 Å². The average molecular weight is 1440 g/mol. The van der Waals surface area contributed by atoms with Crippen LogP contribution in [-0.2, 0) is 65.4 Å². The van der Waals surface area contributed by atoms with Crippen LogP contribution in [0.1, 0.15) is 414 Å². The fraction of sp³-hybridized carbons (Fsp3) is 0.949. The van der Waals surface area contributed by atoms with E-state index in [-0.39, 0.29) is 25.7 Å². The number of carbonyl (C=O) groups excluding carboxylic acids is 4. The molecule has 0 amide bonds. The Morgan fingerprint density at radius 1 is 0.276 bits per heavy atom. The Labute approximate surface area is 600 Å². The summed E-state index contributed by atoms with van der Waals surface area (Å²) in [7, 11) is -9.91. The van der Waals surface area contributed by atoms with E-state index in [1.54, 1.807) is 0 Å². The lowest BCUT2D eigenvalue weighted by molar-refractivity contribution is -0.161. The number of ether oxygens (including phenoxy) is 4. The van der Waals surface area contributed by atoms with Gasteiger partial charge in [0.1, 0.15) is 19.3 Å². The Bertz CT molecular complexity index is 1890. The zero-order valence-corrected chi connectivity index (χ0v) is 65.9. The van der Waals surface area contributed by atoms with Gasteiger partial charge < -0.3 is 33.8 Å². The molecule has 0 rings (SSSR count). The van der Waals surface area contributed by atoms with Gasteiger partial charge in [0, 0.05) is 25.7 Å². The summed E-state index contributed by atoms with van der Waals surface area (Å²) in [5.41, 5.74) is 0. The lowest BCUT2D eigenvalue weighted by atomic mass is 10.0. The van der Waals surface area contributed by atoms with Gasteiger partial charge >= 0.3 is 39.5 Å². The first-order valence-electron chi connectivity index (χ1n) is 41.0. The van der Waals surface area contributed by atoms with E-state index in [0.29, 0.717) is 25.7 Å². The number of unbranched alkanes of at least 4 members (excludes halogenated alkanes) is 48. The molecule has 582 valence electrons. The molecular formula is C79H154O17P2. The van der Waals surface area contributed by atoms with E-state index in [9.17, 15) is 43.2 Å². The second-order valence-corrected chi connectivity index (χ2v) is 32.3. The molecule has 0 aromatic carbocycles. The molecule has 0 aliphatic rings. The van der Waals surface area contributed by atoms with Crippen molar-refractivity contribution in [2.45, 2.75) is 432 Å². The number of carbonyl (C=O) groups is 4. The van der Waals surface area contributed by atoms with E-state index >= 15 is 0 Å². The number of esters is 4. The number of hydrogen-bond donors (Lipinski definition) is 3. The van der Waals surface area contributed by atoms with Gasteiger partial charge in [-0.15, -0.1) is 0 Å². The summed E-state index contributed by atoms with van der Waals surface area (Å²) in [6.07, 6.45) is 59.6. The molecule has 17 nitrogen and oxygen atoms in total. The second-order valence-electron chi connectivity index (χ2n) is 29.4. The highest BCUT2D eigenvalue weighted by molar-refractivity contribution is 7.47. The molecule has 0 heterocycles. The molecule has 3 N–H and O–H groups in total. The maximum absolute atomic E-state index is 13.1. The van der Waals surface area contributed by atoms with Crippen LogP contribution in [0.4, 0.5) is 0 Å². The van der Waals surface area contributed by atoms with Crippen LogP contribution in [0.25, 0.3) is 0 Å². The molecule has 0 spiro atoms. The summed E-state index contributed by atoms with van der Waals surface area (Å²) in [5, 5.41) is 10.6. The highest BCUT2D eigenvalue weighted by Gasteiger charge is 2.30. The number of aliphatic hydroxyl groups excluding tert-OH is 1. The van der Waals surface area contributed by atoms with E-state index < -0.39 is 97.5 Å². The van der Waals surface area contributed by atoms with Gasteiger partial charge in [-0.05, 0) is 37.5 Å². The van der Waals surface area contributed by atoms with E-state index in [1.165, 1.54) is 231 Å². The molecular weight excluding hydrogens is 1280 g/mol. The van der Waals surface area contributed by atoms with Gasteiger partial charge in [-0.3, -0.25) is 37.3 Å². The Morgan fingerprint density at radius 2 is 0.469 bits per heavy atom. The first-order valence-corrected chi connectivity index (χ1v) is 44.0. The first-order chi connectivity index (χ1) is 47.4. The topological polar surface area (TPSA) is 237 Å². The van der Waals surface area contributed by atoms with E-state index in [2.05, 4.69) is 41.5 Å². The van der Waals surface area contributed by atoms with Crippen molar-refractivity contribution in [1.82, 2.24) is 0 Å². The third-order valence-electron chi connectivity index (χ3n) is 18.5. The van der Waals surface area contributed by atoms with Gasteiger partial charge in [0.15, 0.2) is 12.2 Å². The number of phosphoric acid groups is 2. The van der Waals surface area contributed by atoms with Gasteiger partial charge in [0.2, 0.25) is 0 Å². The highest BCUT2D eigenvalue weighted by Crippen LogP contribution is 2.45. The van der Waals surface area contributed by atoms with Gasteiger partial charge in [0.25, 0.3) is 0 Å². The van der Waals surface area contributed by atoms with Gasteiger partial charge in [-0.25, -0.2) is 9.13 Å². The highest BCUT2D eigenvalue weighted by atomic mass is 31.2. The molecule has 5 atom stereocenters. The van der Waals surface area contributed by atoms with Gasteiger partial charge in [0.05, 0.1) is 26.4 Å². The van der Waals surface area contributed by atoms with Crippen LogP contribution in [-0.4, -0.2) is 96.7 Å². The van der Waals surface area contributed by atoms with Crippen molar-refractivity contribution in [3.8, 4) is 0 Å². The summed E-state index contributed by atoms with van der Waals surface area (Å²) >= 11 is 0. The van der Waals surface area contributed by atoms with Crippen LogP contribution in [0.15, 0.2) is 0 Å². The van der Waals surface area contributed by atoms with Crippen LogP contribution in [0.5, 0.6) is 0 Å². The summed E-state index contributed by atoms with van der Waals surface area (Å²) in [5.74, 6) is -0.500. The van der Waals surface area contributed by atoms with Gasteiger partial charge in [-0.2, -0.15) is 0 Å². The molecule has 0 saturated carbocycles. The molecule has 0 bridgehead atoms. The maximum atomic E-state index is 13.1. The molecule has 19 heteroatoms. The Balaban J connectivity index is 5.20. The summed E-state index contributed by atoms with van der Waals surface area (Å²) in [6.45, 7) is 9.66. The lowest BCUT2D eigenvalue weighted by Gasteiger charge is -2.21. The maximum Gasteiger partial charge on any atom is 0.472 e. The van der Waals surface area contributed by atoms with Crippen molar-refractivity contribution in [2.24, 2.45) is 11.8 Å². The summed E-state index contributed by atoms with van der Waals surface area (Å²) in [6, 6.07) is 0. The minimum atomic E-state index is -4.96. The molecule has 0 fully saturated rings. The SMILES string of the molecule is CCCCCCCCCCCCCC(=O)O[C@H](COC(=O)CCCCCCCCCCCC)COP(=O)(O)OC[C@H](O)COP(=O)(O)OC[C@@H](COC(=O)CCCCCCCCCCCCCCCC(C)C)OC(=O)CCCCCCCCCCCCCCCCCCCCC(C)C. The van der Waals surface area contributed by atoms with Crippen molar-refractivity contribution in [3.63, 3.8) is 0 Å². The lowest BCUT2D eigenvalue weighted by Crippen LogP contribution is -2.30. The quantitative estimate of drug-likeness (QED) is 0.0222. The van der Waals surface area contributed by atoms with Crippen molar-refractivity contribution in [1.29, 1.82) is 0 Å². The zero-order chi connectivity index (χ0) is 72.1. The number of hydrogen-bond acceptors (Lipinski definition) is 15. The van der Waals surface area contributed by atoms with Crippen molar-refractivity contribution < 1.29 is 80.2 Å². The Morgan fingerprint density at radius 3 is 0.694 bits per heavy atom. The number of rotatable bonds is 78. The largest absolute Gasteiger partial charge is 0.472 e. The average Bonchev–Trinajstić information content (AvgIpc) is 1.19. The predicted octanol–water partition coefficient (Wildman–Crippen LogP) is 23.5. The molecule has 0 aromatic rings. The minimum Gasteiger partial charge on any atom is -0.462 e. The molecule has 0 saturated heterocycles. The first kappa shape index (κ1) is 96.1. The van der Waals surface area contributed by atoms with E-state index in [1.807, 2.05) is 0 Å². The monoisotopic (exact) mass is 1440 g/mol. The van der Waals surface area contributed by atoms with E-state index in [4.69, 9.17) is 37.0 Å². The van der Waals surface area contributed by atoms with Crippen molar-refractivity contribution in [3.05, 3.63) is 0 Å². The smallest absolute Gasteiger partial charge is 0.462 e. The molecule has 0 radical (unpaired) electrons. The zero-order valence-electron chi connectivity index (χ0n) is 64.1. The Hall–Kier alpha value is -1.94. The van der Waals surface area contributed by atoms with Crippen LogP contribution < -0.4 is 0 Å². The van der Waals surface area contributed by atoms with Crippen LogP contribution in [0.2, 0.25) is 0 Å². The fourth-order valence-electron chi connectivity index (χ4n) is 12.2. The number of phosphoric ester groups is 2. The standard InChI is InChI=1S/C79H154O17P2/c1-7-9-11-13-15-17-30-39-45-51-57-63-78(83)95-74(67-89-76(81)61-55-49-43-37-18-16-14-12-10-8-2)69-93-97(85,86)91-65-73(80)66-92-98(87,88)94-70-75(68-90-77(82)62-56-50-44-38-33-29-25-27-32-36-42-48-54-60-72(5)6)96-79(84)64-58-52-46-40-34-28-24-22-20-19-21-23-26-31-35-41-47-53-59-71(3)4/h71-75,80H,7-70H2,1-6H3,(H,85,86)(H,87,88)/t73-,74+,75+/m0/s1. The minimum absolute atomic E-state index is 0.107. The number of aliphatic hydroxyl groups is 1. The molecule has 2 unspecified atom stereocenters. The molecule has 98 heavy (non-hydrogen) atoms.